The van der Waals surface area contributed by atoms with Crippen molar-refractivity contribution in [3.8, 4) is 0 Å². The molecule has 0 bridgehead atoms. The maximum Gasteiger partial charge on any atom is 0.120 e. The van der Waals surface area contributed by atoms with Gasteiger partial charge in [-0.05, 0) is 23.3 Å². The molecule has 0 aromatic rings. The molecule has 0 aliphatic carbocycles. The van der Waals surface area contributed by atoms with Gasteiger partial charge in [0.25, 0.3) is 0 Å². The van der Waals surface area contributed by atoms with E-state index in [4.69, 9.17) is 0 Å². The monoisotopic (exact) mass is 204 g/mol. The van der Waals surface area contributed by atoms with Crippen LogP contribution in [-0.4, -0.2) is 22.4 Å². The molecule has 1 aliphatic rings. The molecule has 0 unspecified atom stereocenters. The first-order chi connectivity index (χ1) is 5.67. The Bertz CT molecular complexity index is 151. The summed E-state index contributed by atoms with van der Waals surface area (Å²) in [6, 6.07) is 0. The van der Waals surface area contributed by atoms with Crippen molar-refractivity contribution in [1.82, 2.24) is 0 Å². The molecule has 0 amide bonds. The Hall–Kier alpha value is 0.370. The van der Waals surface area contributed by atoms with E-state index in [0.29, 0.717) is 11.0 Å². The first-order valence-electron chi connectivity index (χ1n) is 4.33. The van der Waals surface area contributed by atoms with Crippen molar-refractivity contribution in [2.75, 3.05) is 11.5 Å². The number of hydrogen-bond donors (Lipinski definition) is 0. The zero-order chi connectivity index (χ0) is 9.03. The van der Waals surface area contributed by atoms with Gasteiger partial charge in [0.15, 0.2) is 0 Å². The largest absolute Gasteiger partial charge is 0.303 e. The Morgan fingerprint density at radius 1 is 1.42 bits per heavy atom. The molecule has 0 spiro atoms. The Morgan fingerprint density at radius 3 is 2.50 bits per heavy atom. The van der Waals surface area contributed by atoms with Crippen molar-refractivity contribution in [2.45, 2.75) is 31.3 Å². The molecule has 3 heteroatoms. The topological polar surface area (TPSA) is 17.1 Å². The standard InChI is InChI=1S/C9H16OS2/c1-9(2,4-5-10)8-11-6-3-7-12-8/h5,8H,3-4,6-7H2,1-2H3. The van der Waals surface area contributed by atoms with Gasteiger partial charge in [0, 0.05) is 6.42 Å². The molecular weight excluding hydrogens is 188 g/mol. The molecule has 0 aromatic carbocycles. The summed E-state index contributed by atoms with van der Waals surface area (Å²) in [5, 5.41) is 0. The lowest BCUT2D eigenvalue weighted by Crippen LogP contribution is -2.27. The molecule has 1 heterocycles. The molecule has 70 valence electrons. The van der Waals surface area contributed by atoms with E-state index in [9.17, 15) is 4.79 Å². The van der Waals surface area contributed by atoms with Crippen molar-refractivity contribution in [2.24, 2.45) is 5.41 Å². The van der Waals surface area contributed by atoms with E-state index in [-0.39, 0.29) is 5.41 Å². The van der Waals surface area contributed by atoms with E-state index in [1.165, 1.54) is 17.9 Å². The van der Waals surface area contributed by atoms with Crippen LogP contribution in [0.4, 0.5) is 0 Å². The predicted molar refractivity (Wildman–Crippen MR) is 57.8 cm³/mol. The molecule has 0 radical (unpaired) electrons. The van der Waals surface area contributed by atoms with Crippen LogP contribution in [0.2, 0.25) is 0 Å². The molecule has 0 saturated carbocycles. The van der Waals surface area contributed by atoms with E-state index in [2.05, 4.69) is 13.8 Å². The summed E-state index contributed by atoms with van der Waals surface area (Å²) < 4.78 is 0.622. The third-order valence-corrected chi connectivity index (χ3v) is 5.82. The van der Waals surface area contributed by atoms with Crippen LogP contribution in [-0.2, 0) is 4.79 Å². The van der Waals surface area contributed by atoms with Crippen molar-refractivity contribution in [3.63, 3.8) is 0 Å². The van der Waals surface area contributed by atoms with Crippen LogP contribution in [0.3, 0.4) is 0 Å². The minimum absolute atomic E-state index is 0.178. The number of carbonyl (C=O) groups is 1. The van der Waals surface area contributed by atoms with E-state index in [1.807, 2.05) is 23.5 Å². The van der Waals surface area contributed by atoms with Crippen LogP contribution >= 0.6 is 23.5 Å². The zero-order valence-electron chi connectivity index (χ0n) is 7.71. The predicted octanol–water partition coefficient (Wildman–Crippen LogP) is 2.80. The van der Waals surface area contributed by atoms with Crippen molar-refractivity contribution in [3.05, 3.63) is 0 Å². The van der Waals surface area contributed by atoms with E-state index >= 15 is 0 Å². The molecule has 12 heavy (non-hydrogen) atoms. The average molecular weight is 204 g/mol. The van der Waals surface area contributed by atoms with Gasteiger partial charge in [-0.15, -0.1) is 23.5 Å². The molecule has 1 fully saturated rings. The summed E-state index contributed by atoms with van der Waals surface area (Å²) in [6.07, 6.45) is 3.07. The molecule has 1 saturated heterocycles. The van der Waals surface area contributed by atoms with Gasteiger partial charge in [-0.25, -0.2) is 0 Å². The molecule has 0 atom stereocenters. The van der Waals surface area contributed by atoms with Crippen LogP contribution < -0.4 is 0 Å². The Balaban J connectivity index is 2.47. The van der Waals surface area contributed by atoms with E-state index < -0.39 is 0 Å². The van der Waals surface area contributed by atoms with E-state index in [0.717, 1.165) is 6.29 Å². The molecule has 1 rings (SSSR count). The fraction of sp³-hybridized carbons (Fsp3) is 0.889. The summed E-state index contributed by atoms with van der Waals surface area (Å²) >= 11 is 4.03. The van der Waals surface area contributed by atoms with Crippen molar-refractivity contribution >= 4 is 29.8 Å². The summed E-state index contributed by atoms with van der Waals surface area (Å²) in [6.45, 7) is 4.38. The minimum Gasteiger partial charge on any atom is -0.303 e. The Morgan fingerprint density at radius 2 is 2.00 bits per heavy atom. The summed E-state index contributed by atoms with van der Waals surface area (Å²) in [5.74, 6) is 2.53. The van der Waals surface area contributed by atoms with Crippen LogP contribution in [0.15, 0.2) is 0 Å². The molecular formula is C9H16OS2. The smallest absolute Gasteiger partial charge is 0.120 e. The Labute approximate surface area is 83.1 Å². The SMILES string of the molecule is CC(C)(CC=O)C1SCCCS1. The van der Waals surface area contributed by atoms with Crippen LogP contribution in [0.1, 0.15) is 26.7 Å². The summed E-state index contributed by atoms with van der Waals surface area (Å²) in [4.78, 5) is 10.4. The second-order valence-electron chi connectivity index (χ2n) is 3.79. The number of hydrogen-bond acceptors (Lipinski definition) is 3. The highest BCUT2D eigenvalue weighted by Gasteiger charge is 2.31. The molecule has 0 aromatic heterocycles. The van der Waals surface area contributed by atoms with Crippen LogP contribution in [0.25, 0.3) is 0 Å². The van der Waals surface area contributed by atoms with Gasteiger partial charge in [-0.3, -0.25) is 0 Å². The summed E-state index contributed by atoms with van der Waals surface area (Å²) in [5.41, 5.74) is 0.178. The van der Waals surface area contributed by atoms with Crippen LogP contribution in [0.5, 0.6) is 0 Å². The highest BCUT2D eigenvalue weighted by Crippen LogP contribution is 2.43. The normalized spacial score (nSPS) is 20.8. The van der Waals surface area contributed by atoms with E-state index in [1.54, 1.807) is 0 Å². The molecule has 1 aliphatic heterocycles. The quantitative estimate of drug-likeness (QED) is 0.658. The van der Waals surface area contributed by atoms with Gasteiger partial charge in [-0.1, -0.05) is 13.8 Å². The lowest BCUT2D eigenvalue weighted by Gasteiger charge is -2.34. The van der Waals surface area contributed by atoms with Gasteiger partial charge in [-0.2, -0.15) is 0 Å². The van der Waals surface area contributed by atoms with Gasteiger partial charge in [0.05, 0.1) is 4.58 Å². The fourth-order valence-corrected chi connectivity index (χ4v) is 4.54. The summed E-state index contributed by atoms with van der Waals surface area (Å²) in [7, 11) is 0. The number of thioether (sulfide) groups is 2. The average Bonchev–Trinajstić information content (AvgIpc) is 2.06. The van der Waals surface area contributed by atoms with Crippen LogP contribution in [0, 0.1) is 5.41 Å². The lowest BCUT2D eigenvalue weighted by molar-refractivity contribution is -0.109. The maximum absolute atomic E-state index is 10.4. The number of aldehydes is 1. The van der Waals surface area contributed by atoms with Gasteiger partial charge in [0.2, 0.25) is 0 Å². The third-order valence-electron chi connectivity index (χ3n) is 2.07. The van der Waals surface area contributed by atoms with Gasteiger partial charge >= 0.3 is 0 Å². The van der Waals surface area contributed by atoms with Crippen molar-refractivity contribution < 1.29 is 4.79 Å². The number of carbonyl (C=O) groups excluding carboxylic acids is 1. The first kappa shape index (κ1) is 10.5. The second kappa shape index (κ2) is 4.56. The third kappa shape index (κ3) is 2.70. The van der Waals surface area contributed by atoms with Gasteiger partial charge < -0.3 is 4.79 Å². The second-order valence-corrected chi connectivity index (χ2v) is 6.51. The van der Waals surface area contributed by atoms with Gasteiger partial charge in [0.1, 0.15) is 6.29 Å². The molecule has 1 nitrogen and oxygen atoms in total. The Kier molecular flexibility index (Phi) is 3.97. The zero-order valence-corrected chi connectivity index (χ0v) is 9.34. The maximum atomic E-state index is 10.4. The lowest BCUT2D eigenvalue weighted by atomic mass is 9.92. The fourth-order valence-electron chi connectivity index (χ4n) is 1.25. The highest BCUT2D eigenvalue weighted by atomic mass is 32.2. The van der Waals surface area contributed by atoms with Crippen molar-refractivity contribution in [1.29, 1.82) is 0 Å². The minimum atomic E-state index is 0.178. The highest BCUT2D eigenvalue weighted by molar-refractivity contribution is 8.17. The molecule has 0 N–H and O–H groups in total. The number of rotatable bonds is 3. The first-order valence-corrected chi connectivity index (χ1v) is 6.43.